The summed E-state index contributed by atoms with van der Waals surface area (Å²) in [5.74, 6) is -4.23. The van der Waals surface area contributed by atoms with Crippen molar-refractivity contribution >= 4 is 22.5 Å². The average Bonchev–Trinajstić information content (AvgIpc) is 2.51. The Morgan fingerprint density at radius 3 is 2.48 bits per heavy atom. The fraction of sp³-hybridized carbons (Fsp3) is 0.0588. The van der Waals surface area contributed by atoms with E-state index in [1.54, 1.807) is 37.3 Å². The number of rotatable bonds is 2. The lowest BCUT2D eigenvalue weighted by Crippen LogP contribution is -2.14. The molecule has 0 saturated carbocycles. The Bertz CT molecular complexity index is 925. The van der Waals surface area contributed by atoms with Crippen LogP contribution in [0, 0.1) is 24.4 Å². The molecule has 0 fully saturated rings. The van der Waals surface area contributed by atoms with Gasteiger partial charge in [0.1, 0.15) is 5.82 Å². The maximum absolute atomic E-state index is 13.7. The number of anilines is 1. The molecule has 1 aromatic heterocycles. The van der Waals surface area contributed by atoms with Gasteiger partial charge in [-0.2, -0.15) is 0 Å². The monoisotopic (exact) mass is 316 g/mol. The van der Waals surface area contributed by atoms with Gasteiger partial charge in [0, 0.05) is 23.2 Å². The molecule has 3 nitrogen and oxygen atoms in total. The molecule has 0 atom stereocenters. The van der Waals surface area contributed by atoms with Gasteiger partial charge in [-0.15, -0.1) is 0 Å². The molecule has 3 rings (SSSR count). The van der Waals surface area contributed by atoms with Crippen molar-refractivity contribution in [3.63, 3.8) is 0 Å². The minimum Gasteiger partial charge on any atom is -0.319 e. The van der Waals surface area contributed by atoms with Crippen LogP contribution in [0.5, 0.6) is 0 Å². The first-order valence-electron chi connectivity index (χ1n) is 6.78. The first-order chi connectivity index (χ1) is 11.0. The molecule has 0 unspecified atom stereocenters. The van der Waals surface area contributed by atoms with Crippen LogP contribution in [-0.2, 0) is 0 Å². The van der Waals surface area contributed by atoms with Crippen LogP contribution in [0.1, 0.15) is 16.1 Å². The Morgan fingerprint density at radius 1 is 1.00 bits per heavy atom. The average molecular weight is 316 g/mol. The zero-order valence-corrected chi connectivity index (χ0v) is 12.0. The molecule has 0 aliphatic heterocycles. The second-order valence-electron chi connectivity index (χ2n) is 5.03. The summed E-state index contributed by atoms with van der Waals surface area (Å²) in [5.41, 5.74) is 1.08. The molecule has 1 N–H and O–H groups in total. The number of hydrogen-bond acceptors (Lipinski definition) is 2. The molecule has 0 aliphatic rings. The number of hydrogen-bond donors (Lipinski definition) is 1. The number of pyridine rings is 1. The van der Waals surface area contributed by atoms with Gasteiger partial charge < -0.3 is 5.32 Å². The van der Waals surface area contributed by atoms with Crippen molar-refractivity contribution in [3.05, 3.63) is 71.2 Å². The topological polar surface area (TPSA) is 42.0 Å². The highest BCUT2D eigenvalue weighted by molar-refractivity contribution is 6.12. The number of aromatic nitrogens is 1. The first-order valence-corrected chi connectivity index (χ1v) is 6.78. The van der Waals surface area contributed by atoms with E-state index in [0.29, 0.717) is 28.7 Å². The lowest BCUT2D eigenvalue weighted by Gasteiger charge is -2.10. The minimum absolute atomic E-state index is 0.275. The molecule has 2 aromatic carbocycles. The Morgan fingerprint density at radius 2 is 1.70 bits per heavy atom. The quantitative estimate of drug-likeness (QED) is 0.720. The highest BCUT2D eigenvalue weighted by atomic mass is 19.2. The van der Waals surface area contributed by atoms with E-state index < -0.39 is 29.0 Å². The zero-order chi connectivity index (χ0) is 16.6. The van der Waals surface area contributed by atoms with Gasteiger partial charge in [0.15, 0.2) is 11.6 Å². The summed E-state index contributed by atoms with van der Waals surface area (Å²) in [4.78, 5) is 16.7. The number of aryl methyl sites for hydroxylation is 1. The Hall–Kier alpha value is -2.89. The molecule has 1 heterocycles. The number of carbonyl (C=O) groups excluding carboxylic acids is 1. The molecule has 6 heteroatoms. The molecule has 0 spiro atoms. The Balaban J connectivity index is 2.03. The second kappa shape index (κ2) is 5.72. The molecule has 0 saturated heterocycles. The summed E-state index contributed by atoms with van der Waals surface area (Å²) in [6.45, 7) is 1.72. The maximum atomic E-state index is 13.7. The normalized spacial score (nSPS) is 10.8. The van der Waals surface area contributed by atoms with Gasteiger partial charge in [-0.1, -0.05) is 18.2 Å². The largest absolute Gasteiger partial charge is 0.319 e. The summed E-state index contributed by atoms with van der Waals surface area (Å²) >= 11 is 0. The molecule has 0 radical (unpaired) electrons. The van der Waals surface area contributed by atoms with Gasteiger partial charge in [0.2, 0.25) is 0 Å². The van der Waals surface area contributed by atoms with Crippen molar-refractivity contribution < 1.29 is 18.0 Å². The van der Waals surface area contributed by atoms with Crippen LogP contribution in [0.25, 0.3) is 10.9 Å². The number of amides is 1. The summed E-state index contributed by atoms with van der Waals surface area (Å²) < 4.78 is 39.8. The summed E-state index contributed by atoms with van der Waals surface area (Å²) in [6, 6.07) is 9.53. The SMILES string of the molecule is Cc1cc(C(=O)Nc2cc(F)c(F)cc2F)c2ccccc2n1. The van der Waals surface area contributed by atoms with Gasteiger partial charge in [0.05, 0.1) is 16.8 Å². The fourth-order valence-corrected chi connectivity index (χ4v) is 2.30. The van der Waals surface area contributed by atoms with Crippen molar-refractivity contribution in [2.75, 3.05) is 5.32 Å². The number of nitrogens with zero attached hydrogens (tertiary/aromatic N) is 1. The van der Waals surface area contributed by atoms with Gasteiger partial charge in [-0.05, 0) is 19.1 Å². The summed E-state index contributed by atoms with van der Waals surface area (Å²) in [5, 5.41) is 2.85. The van der Waals surface area contributed by atoms with E-state index in [1.807, 2.05) is 0 Å². The number of fused-ring (bicyclic) bond motifs is 1. The van der Waals surface area contributed by atoms with Crippen molar-refractivity contribution in [1.82, 2.24) is 4.98 Å². The van der Waals surface area contributed by atoms with Crippen LogP contribution in [0.2, 0.25) is 0 Å². The molecule has 0 bridgehead atoms. The van der Waals surface area contributed by atoms with Crippen LogP contribution < -0.4 is 5.32 Å². The number of halogens is 3. The first kappa shape index (κ1) is 15.0. The van der Waals surface area contributed by atoms with Gasteiger partial charge in [-0.3, -0.25) is 9.78 Å². The van der Waals surface area contributed by atoms with Crippen LogP contribution in [0.4, 0.5) is 18.9 Å². The lowest BCUT2D eigenvalue weighted by molar-refractivity contribution is 0.102. The predicted octanol–water partition coefficient (Wildman–Crippen LogP) is 4.21. The molecule has 116 valence electrons. The molecular formula is C17H11F3N2O. The number of carbonyl (C=O) groups is 1. The number of benzene rings is 2. The third-order valence-electron chi connectivity index (χ3n) is 3.35. The zero-order valence-electron chi connectivity index (χ0n) is 12.0. The van der Waals surface area contributed by atoms with E-state index in [4.69, 9.17) is 0 Å². The minimum atomic E-state index is -1.31. The van der Waals surface area contributed by atoms with E-state index in [9.17, 15) is 18.0 Å². The Labute approximate surface area is 129 Å². The maximum Gasteiger partial charge on any atom is 0.256 e. The van der Waals surface area contributed by atoms with E-state index in [2.05, 4.69) is 10.3 Å². The Kier molecular flexibility index (Phi) is 3.73. The van der Waals surface area contributed by atoms with Crippen LogP contribution in [0.3, 0.4) is 0 Å². The van der Waals surface area contributed by atoms with E-state index in [-0.39, 0.29) is 5.56 Å². The number of nitrogens with one attached hydrogen (secondary N) is 1. The van der Waals surface area contributed by atoms with E-state index in [0.717, 1.165) is 0 Å². The second-order valence-corrected chi connectivity index (χ2v) is 5.03. The third kappa shape index (κ3) is 2.88. The highest BCUT2D eigenvalue weighted by Crippen LogP contribution is 2.22. The molecule has 1 amide bonds. The van der Waals surface area contributed by atoms with Crippen LogP contribution in [-0.4, -0.2) is 10.9 Å². The summed E-state index contributed by atoms with van der Waals surface area (Å²) in [6.07, 6.45) is 0. The fourth-order valence-electron chi connectivity index (χ4n) is 2.30. The smallest absolute Gasteiger partial charge is 0.256 e. The van der Waals surface area contributed by atoms with E-state index in [1.165, 1.54) is 0 Å². The molecule has 0 aliphatic carbocycles. The molecule has 3 aromatic rings. The lowest BCUT2D eigenvalue weighted by atomic mass is 10.1. The van der Waals surface area contributed by atoms with E-state index >= 15 is 0 Å². The highest BCUT2D eigenvalue weighted by Gasteiger charge is 2.16. The molecular weight excluding hydrogens is 305 g/mol. The van der Waals surface area contributed by atoms with Gasteiger partial charge in [-0.25, -0.2) is 13.2 Å². The summed E-state index contributed by atoms with van der Waals surface area (Å²) in [7, 11) is 0. The molecule has 23 heavy (non-hydrogen) atoms. The third-order valence-corrected chi connectivity index (χ3v) is 3.35. The van der Waals surface area contributed by atoms with Crippen molar-refractivity contribution in [2.24, 2.45) is 0 Å². The van der Waals surface area contributed by atoms with Crippen molar-refractivity contribution in [1.29, 1.82) is 0 Å². The predicted molar refractivity (Wildman–Crippen MR) is 80.7 cm³/mol. The van der Waals surface area contributed by atoms with Gasteiger partial charge in [0.25, 0.3) is 5.91 Å². The van der Waals surface area contributed by atoms with Gasteiger partial charge >= 0.3 is 0 Å². The van der Waals surface area contributed by atoms with Crippen LogP contribution >= 0.6 is 0 Å². The standard InChI is InChI=1S/C17H11F3N2O/c1-9-6-11(10-4-2-3-5-15(10)21-9)17(23)22-16-8-13(19)12(18)7-14(16)20/h2-8H,1H3,(H,22,23). The van der Waals surface area contributed by atoms with Crippen LogP contribution in [0.15, 0.2) is 42.5 Å². The number of para-hydroxylation sites is 1. The van der Waals surface area contributed by atoms with Crippen molar-refractivity contribution in [2.45, 2.75) is 6.92 Å². The van der Waals surface area contributed by atoms with Crippen molar-refractivity contribution in [3.8, 4) is 0 Å².